The number of H-pyrrole nitrogens is 1. The third-order valence-corrected chi connectivity index (χ3v) is 6.53. The van der Waals surface area contributed by atoms with E-state index in [1.807, 2.05) is 0 Å². The molecule has 22 heavy (non-hydrogen) atoms. The van der Waals surface area contributed by atoms with E-state index >= 15 is 0 Å². The second-order valence-electron chi connectivity index (χ2n) is 6.43. The molecule has 2 fully saturated rings. The van der Waals surface area contributed by atoms with E-state index in [9.17, 15) is 13.2 Å². The lowest BCUT2D eigenvalue weighted by molar-refractivity contribution is 0.0932. The van der Waals surface area contributed by atoms with Gasteiger partial charge in [0.25, 0.3) is 5.91 Å². The van der Waals surface area contributed by atoms with Crippen LogP contribution in [-0.2, 0) is 9.84 Å². The molecule has 1 saturated carbocycles. The average molecular weight is 325 g/mol. The number of hydrogen-bond acceptors (Lipinski definition) is 4. The van der Waals surface area contributed by atoms with Crippen LogP contribution in [0.5, 0.6) is 0 Å². The Morgan fingerprint density at radius 3 is 2.50 bits per heavy atom. The Kier molecular flexibility index (Phi) is 4.52. The molecule has 3 rings (SSSR count). The summed E-state index contributed by atoms with van der Waals surface area (Å²) in [7, 11) is -2.90. The molecule has 0 radical (unpaired) electrons. The van der Waals surface area contributed by atoms with Crippen LogP contribution in [0.2, 0.25) is 0 Å². The summed E-state index contributed by atoms with van der Waals surface area (Å²) >= 11 is 0. The molecule has 0 aromatic carbocycles. The van der Waals surface area contributed by atoms with Crippen molar-refractivity contribution in [3.8, 4) is 0 Å². The van der Waals surface area contributed by atoms with Gasteiger partial charge in [0.1, 0.15) is 9.84 Å². The van der Waals surface area contributed by atoms with Crippen molar-refractivity contribution in [3.05, 3.63) is 17.5 Å². The number of carbonyl (C=O) groups is 1. The molecule has 0 bridgehead atoms. The van der Waals surface area contributed by atoms with E-state index < -0.39 is 9.84 Å². The Morgan fingerprint density at radius 2 is 1.82 bits per heavy atom. The van der Waals surface area contributed by atoms with Crippen LogP contribution in [0.15, 0.2) is 6.20 Å². The molecule has 1 saturated heterocycles. The molecule has 122 valence electrons. The number of amides is 1. The van der Waals surface area contributed by atoms with E-state index in [4.69, 9.17) is 0 Å². The number of sulfone groups is 1. The van der Waals surface area contributed by atoms with Crippen molar-refractivity contribution in [2.24, 2.45) is 0 Å². The standard InChI is InChI=1S/C15H23N3O3S/c19-15(17-12-6-8-22(20,21)9-7-12)13-10-16-18-14(13)11-4-2-1-3-5-11/h10-12H,1-9H2,(H,16,18)(H,17,19). The molecule has 1 aliphatic carbocycles. The zero-order chi connectivity index (χ0) is 15.6. The molecule has 1 aliphatic heterocycles. The summed E-state index contributed by atoms with van der Waals surface area (Å²) in [5.74, 6) is 0.597. The number of nitrogens with one attached hydrogen (secondary N) is 2. The molecule has 0 unspecified atom stereocenters. The number of aromatic amines is 1. The van der Waals surface area contributed by atoms with E-state index in [-0.39, 0.29) is 23.5 Å². The third kappa shape index (κ3) is 3.51. The zero-order valence-electron chi connectivity index (χ0n) is 12.7. The van der Waals surface area contributed by atoms with Crippen molar-refractivity contribution in [1.29, 1.82) is 0 Å². The smallest absolute Gasteiger partial charge is 0.254 e. The topological polar surface area (TPSA) is 91.9 Å². The highest BCUT2D eigenvalue weighted by Gasteiger charge is 2.27. The van der Waals surface area contributed by atoms with E-state index in [0.717, 1.165) is 18.5 Å². The molecule has 1 aromatic rings. The number of rotatable bonds is 3. The number of hydrogen-bond donors (Lipinski definition) is 2. The minimum Gasteiger partial charge on any atom is -0.349 e. The van der Waals surface area contributed by atoms with Crippen LogP contribution in [0.4, 0.5) is 0 Å². The molecule has 1 aromatic heterocycles. The first-order valence-corrected chi connectivity index (χ1v) is 9.92. The van der Waals surface area contributed by atoms with Gasteiger partial charge in [-0.25, -0.2) is 8.42 Å². The Hall–Kier alpha value is -1.37. The van der Waals surface area contributed by atoms with Gasteiger partial charge >= 0.3 is 0 Å². The summed E-state index contributed by atoms with van der Waals surface area (Å²) < 4.78 is 22.9. The zero-order valence-corrected chi connectivity index (χ0v) is 13.5. The molecule has 7 heteroatoms. The Balaban J connectivity index is 1.64. The van der Waals surface area contributed by atoms with Crippen LogP contribution in [0.1, 0.15) is 66.9 Å². The predicted molar refractivity (Wildman–Crippen MR) is 83.6 cm³/mol. The maximum atomic E-state index is 12.5. The van der Waals surface area contributed by atoms with Crippen molar-refractivity contribution in [3.63, 3.8) is 0 Å². The first-order valence-electron chi connectivity index (χ1n) is 8.10. The lowest BCUT2D eigenvalue weighted by Crippen LogP contribution is -2.41. The summed E-state index contributed by atoms with van der Waals surface area (Å²) in [6.07, 6.45) is 8.47. The predicted octanol–water partition coefficient (Wildman–Crippen LogP) is 1.76. The highest BCUT2D eigenvalue weighted by Crippen LogP contribution is 2.33. The van der Waals surface area contributed by atoms with Gasteiger partial charge in [-0.05, 0) is 25.7 Å². The van der Waals surface area contributed by atoms with Gasteiger partial charge in [-0.1, -0.05) is 19.3 Å². The van der Waals surface area contributed by atoms with E-state index in [0.29, 0.717) is 24.3 Å². The summed E-state index contributed by atoms with van der Waals surface area (Å²) in [4.78, 5) is 12.5. The van der Waals surface area contributed by atoms with Crippen LogP contribution in [0, 0.1) is 0 Å². The second kappa shape index (κ2) is 6.40. The van der Waals surface area contributed by atoms with Gasteiger partial charge in [0.15, 0.2) is 0 Å². The van der Waals surface area contributed by atoms with Gasteiger partial charge < -0.3 is 5.32 Å². The molecule has 0 atom stereocenters. The van der Waals surface area contributed by atoms with Crippen LogP contribution in [0.3, 0.4) is 0 Å². The molecule has 1 amide bonds. The summed E-state index contributed by atoms with van der Waals surface area (Å²) in [6, 6.07) is -0.0508. The lowest BCUT2D eigenvalue weighted by Gasteiger charge is -2.24. The fourth-order valence-corrected chi connectivity index (χ4v) is 4.97. The van der Waals surface area contributed by atoms with Gasteiger partial charge in [-0.15, -0.1) is 0 Å². The summed E-state index contributed by atoms with van der Waals surface area (Å²) in [5.41, 5.74) is 1.57. The molecule has 2 heterocycles. The van der Waals surface area contributed by atoms with Gasteiger partial charge in [0, 0.05) is 12.0 Å². The highest BCUT2D eigenvalue weighted by atomic mass is 32.2. The minimum atomic E-state index is -2.90. The van der Waals surface area contributed by atoms with Crippen LogP contribution in [-0.4, -0.2) is 42.1 Å². The van der Waals surface area contributed by atoms with Crippen LogP contribution in [0.25, 0.3) is 0 Å². The summed E-state index contributed by atoms with van der Waals surface area (Å²) in [6.45, 7) is 0. The van der Waals surface area contributed by atoms with Gasteiger partial charge in [-0.2, -0.15) is 5.10 Å². The molecule has 2 aliphatic rings. The summed E-state index contributed by atoms with van der Waals surface area (Å²) in [5, 5.41) is 10.0. The first kappa shape index (κ1) is 15.5. The maximum absolute atomic E-state index is 12.5. The maximum Gasteiger partial charge on any atom is 0.254 e. The fourth-order valence-electron chi connectivity index (χ4n) is 3.48. The average Bonchev–Trinajstić information content (AvgIpc) is 3.00. The number of nitrogens with zero attached hydrogens (tertiary/aromatic N) is 1. The SMILES string of the molecule is O=C(NC1CCS(=O)(=O)CC1)c1cn[nH]c1C1CCCCC1. The number of aromatic nitrogens is 2. The van der Waals surface area contributed by atoms with Crippen LogP contribution < -0.4 is 5.32 Å². The molecular weight excluding hydrogens is 302 g/mol. The monoisotopic (exact) mass is 325 g/mol. The quantitative estimate of drug-likeness (QED) is 0.886. The Morgan fingerprint density at radius 1 is 1.14 bits per heavy atom. The van der Waals surface area contributed by atoms with E-state index in [2.05, 4.69) is 15.5 Å². The largest absolute Gasteiger partial charge is 0.349 e. The van der Waals surface area contributed by atoms with Crippen molar-refractivity contribution in [2.45, 2.75) is 56.9 Å². The normalized spacial score (nSPS) is 23.3. The lowest BCUT2D eigenvalue weighted by atomic mass is 9.85. The molecular formula is C15H23N3O3S. The van der Waals surface area contributed by atoms with Crippen molar-refractivity contribution in [2.75, 3.05) is 11.5 Å². The molecule has 6 nitrogen and oxygen atoms in total. The Bertz CT molecular complexity index is 618. The third-order valence-electron chi connectivity index (χ3n) is 4.82. The van der Waals surface area contributed by atoms with Gasteiger partial charge in [-0.3, -0.25) is 9.89 Å². The van der Waals surface area contributed by atoms with E-state index in [1.165, 1.54) is 19.3 Å². The fraction of sp³-hybridized carbons (Fsp3) is 0.733. The Labute approximate surface area is 131 Å². The van der Waals surface area contributed by atoms with Crippen molar-refractivity contribution >= 4 is 15.7 Å². The first-order chi connectivity index (χ1) is 10.6. The van der Waals surface area contributed by atoms with Crippen molar-refractivity contribution in [1.82, 2.24) is 15.5 Å². The van der Waals surface area contributed by atoms with Gasteiger partial charge in [0.2, 0.25) is 0 Å². The second-order valence-corrected chi connectivity index (χ2v) is 8.74. The van der Waals surface area contributed by atoms with Crippen molar-refractivity contribution < 1.29 is 13.2 Å². The molecule has 0 spiro atoms. The number of carbonyl (C=O) groups excluding carboxylic acids is 1. The minimum absolute atomic E-state index is 0.0508. The molecule has 2 N–H and O–H groups in total. The van der Waals surface area contributed by atoms with Crippen LogP contribution >= 0.6 is 0 Å². The van der Waals surface area contributed by atoms with Gasteiger partial charge in [0.05, 0.1) is 29.0 Å². The highest BCUT2D eigenvalue weighted by molar-refractivity contribution is 7.91. The van der Waals surface area contributed by atoms with E-state index in [1.54, 1.807) is 6.20 Å².